The maximum Gasteiger partial charge on any atom is 0.197 e. The Bertz CT molecular complexity index is 764. The number of ether oxygens (including phenoxy) is 1. The van der Waals surface area contributed by atoms with Crippen molar-refractivity contribution in [3.63, 3.8) is 0 Å². The molecule has 1 unspecified atom stereocenters. The standard InChI is InChI=1S/C19H18O4/c1-2-6-15(19(21)22)14-9-5-10-16-17(14)18(20)13-8-4-3-7-12(13)11-23-16/h3-5,7-10,15H,2,6,11H2,1H3,(H,21,22)/p-1. The van der Waals surface area contributed by atoms with Crippen LogP contribution in [-0.2, 0) is 11.4 Å². The summed E-state index contributed by atoms with van der Waals surface area (Å²) in [4.78, 5) is 24.5. The summed E-state index contributed by atoms with van der Waals surface area (Å²) in [5.41, 5.74) is 2.19. The van der Waals surface area contributed by atoms with Crippen LogP contribution in [0.4, 0.5) is 0 Å². The molecule has 118 valence electrons. The minimum absolute atomic E-state index is 0.189. The highest BCUT2D eigenvalue weighted by Gasteiger charge is 2.28. The molecule has 0 saturated heterocycles. The summed E-state index contributed by atoms with van der Waals surface area (Å²) in [6.45, 7) is 2.20. The fourth-order valence-electron chi connectivity index (χ4n) is 3.05. The molecule has 2 aromatic rings. The first-order chi connectivity index (χ1) is 11.1. The van der Waals surface area contributed by atoms with Crippen LogP contribution in [0, 0.1) is 0 Å². The first-order valence-corrected chi connectivity index (χ1v) is 7.72. The number of rotatable bonds is 4. The summed E-state index contributed by atoms with van der Waals surface area (Å²) in [5.74, 6) is -1.73. The van der Waals surface area contributed by atoms with Crippen LogP contribution < -0.4 is 9.84 Å². The maximum absolute atomic E-state index is 13.0. The van der Waals surface area contributed by atoms with Crippen molar-refractivity contribution in [1.29, 1.82) is 0 Å². The Morgan fingerprint density at radius 1 is 1.22 bits per heavy atom. The zero-order chi connectivity index (χ0) is 16.4. The van der Waals surface area contributed by atoms with Gasteiger partial charge >= 0.3 is 0 Å². The topological polar surface area (TPSA) is 66.4 Å². The molecule has 1 heterocycles. The molecule has 0 spiro atoms. The van der Waals surface area contributed by atoms with Crippen LogP contribution in [0.2, 0.25) is 0 Å². The van der Waals surface area contributed by atoms with Crippen LogP contribution in [0.1, 0.15) is 52.7 Å². The Kier molecular flexibility index (Phi) is 4.15. The third kappa shape index (κ3) is 2.72. The third-order valence-electron chi connectivity index (χ3n) is 4.17. The van der Waals surface area contributed by atoms with Crippen LogP contribution in [-0.4, -0.2) is 11.8 Å². The van der Waals surface area contributed by atoms with E-state index in [4.69, 9.17) is 4.74 Å². The minimum atomic E-state index is -1.16. The second kappa shape index (κ2) is 6.24. The molecule has 0 radical (unpaired) electrons. The Hall–Kier alpha value is -2.62. The van der Waals surface area contributed by atoms with E-state index < -0.39 is 11.9 Å². The molecule has 0 aromatic heterocycles. The van der Waals surface area contributed by atoms with Crippen LogP contribution in [0.15, 0.2) is 42.5 Å². The van der Waals surface area contributed by atoms with Crippen LogP contribution in [0.25, 0.3) is 0 Å². The minimum Gasteiger partial charge on any atom is -0.549 e. The summed E-state index contributed by atoms with van der Waals surface area (Å²) in [6, 6.07) is 12.4. The van der Waals surface area contributed by atoms with Crippen molar-refractivity contribution >= 4 is 11.8 Å². The lowest BCUT2D eigenvalue weighted by Crippen LogP contribution is -2.30. The van der Waals surface area contributed by atoms with Gasteiger partial charge in [-0.25, -0.2) is 0 Å². The highest BCUT2D eigenvalue weighted by atomic mass is 16.5. The first kappa shape index (κ1) is 15.3. The molecule has 0 bridgehead atoms. The second-order valence-electron chi connectivity index (χ2n) is 5.66. The number of carboxylic acid groups (broad SMARTS) is 1. The predicted molar refractivity (Wildman–Crippen MR) is 83.3 cm³/mol. The lowest BCUT2D eigenvalue weighted by molar-refractivity contribution is -0.308. The van der Waals surface area contributed by atoms with Gasteiger partial charge < -0.3 is 14.6 Å². The van der Waals surface area contributed by atoms with E-state index in [-0.39, 0.29) is 5.78 Å². The average Bonchev–Trinajstić information content (AvgIpc) is 2.70. The number of carbonyl (C=O) groups excluding carboxylic acids is 2. The molecule has 1 atom stereocenters. The fraction of sp³-hybridized carbons (Fsp3) is 0.263. The molecule has 4 heteroatoms. The van der Waals surface area contributed by atoms with E-state index in [1.165, 1.54) is 0 Å². The molecule has 0 saturated carbocycles. The third-order valence-corrected chi connectivity index (χ3v) is 4.17. The molecular weight excluding hydrogens is 292 g/mol. The van der Waals surface area contributed by atoms with E-state index in [0.717, 1.165) is 5.56 Å². The van der Waals surface area contributed by atoms with Crippen LogP contribution in [0.3, 0.4) is 0 Å². The largest absolute Gasteiger partial charge is 0.549 e. The monoisotopic (exact) mass is 309 g/mol. The lowest BCUT2D eigenvalue weighted by atomic mass is 9.86. The smallest absolute Gasteiger partial charge is 0.197 e. The normalized spacial score (nSPS) is 14.2. The first-order valence-electron chi connectivity index (χ1n) is 7.72. The van der Waals surface area contributed by atoms with E-state index in [9.17, 15) is 14.7 Å². The van der Waals surface area contributed by atoms with E-state index in [1.54, 1.807) is 30.3 Å². The van der Waals surface area contributed by atoms with Crippen molar-refractivity contribution in [2.24, 2.45) is 0 Å². The molecule has 1 aliphatic heterocycles. The Morgan fingerprint density at radius 2 is 2.00 bits per heavy atom. The highest BCUT2D eigenvalue weighted by molar-refractivity contribution is 6.13. The van der Waals surface area contributed by atoms with Crippen molar-refractivity contribution < 1.29 is 19.4 Å². The SMILES string of the molecule is CCCC(C(=O)[O-])c1cccc2c1C(=O)c1ccccc1CO2. The zero-order valence-electron chi connectivity index (χ0n) is 12.9. The van der Waals surface area contributed by atoms with Gasteiger partial charge in [0, 0.05) is 23.0 Å². The summed E-state index contributed by atoms with van der Waals surface area (Å²) in [5, 5.41) is 11.6. The molecule has 0 fully saturated rings. The van der Waals surface area contributed by atoms with Gasteiger partial charge in [0.25, 0.3) is 0 Å². The number of fused-ring (bicyclic) bond motifs is 2. The number of hydrogen-bond donors (Lipinski definition) is 0. The Morgan fingerprint density at radius 3 is 2.74 bits per heavy atom. The zero-order valence-corrected chi connectivity index (χ0v) is 12.9. The molecule has 0 amide bonds. The predicted octanol–water partition coefficient (Wildman–Crippen LogP) is 2.44. The summed E-state index contributed by atoms with van der Waals surface area (Å²) in [6.07, 6.45) is 1.11. The summed E-state index contributed by atoms with van der Waals surface area (Å²) >= 11 is 0. The molecule has 0 aliphatic carbocycles. The van der Waals surface area contributed by atoms with E-state index in [2.05, 4.69) is 0 Å². The number of benzene rings is 2. The maximum atomic E-state index is 13.0. The van der Waals surface area contributed by atoms with Crippen LogP contribution >= 0.6 is 0 Å². The average molecular weight is 309 g/mol. The van der Waals surface area contributed by atoms with Gasteiger partial charge in [-0.3, -0.25) is 4.79 Å². The van der Waals surface area contributed by atoms with E-state index in [0.29, 0.717) is 41.9 Å². The number of hydrogen-bond acceptors (Lipinski definition) is 4. The van der Waals surface area contributed by atoms with Gasteiger partial charge in [0.1, 0.15) is 12.4 Å². The van der Waals surface area contributed by atoms with Gasteiger partial charge in [0.15, 0.2) is 5.78 Å². The van der Waals surface area contributed by atoms with Gasteiger partial charge in [-0.2, -0.15) is 0 Å². The van der Waals surface area contributed by atoms with Crippen molar-refractivity contribution in [1.82, 2.24) is 0 Å². The van der Waals surface area contributed by atoms with Gasteiger partial charge in [0.2, 0.25) is 0 Å². The van der Waals surface area contributed by atoms with Crippen molar-refractivity contribution in [3.05, 3.63) is 64.7 Å². The van der Waals surface area contributed by atoms with Crippen LogP contribution in [0.5, 0.6) is 5.75 Å². The second-order valence-corrected chi connectivity index (χ2v) is 5.66. The van der Waals surface area contributed by atoms with Gasteiger partial charge in [-0.1, -0.05) is 49.7 Å². The van der Waals surface area contributed by atoms with Crippen molar-refractivity contribution in [2.45, 2.75) is 32.3 Å². The molecule has 1 aliphatic rings. The molecule has 2 aromatic carbocycles. The fourth-order valence-corrected chi connectivity index (χ4v) is 3.05. The Labute approximate surface area is 134 Å². The molecule has 4 nitrogen and oxygen atoms in total. The summed E-state index contributed by atoms with van der Waals surface area (Å²) < 4.78 is 5.76. The number of carboxylic acids is 1. The molecule has 23 heavy (non-hydrogen) atoms. The number of ketones is 1. The number of aliphatic carboxylic acids is 1. The summed E-state index contributed by atoms with van der Waals surface area (Å²) in [7, 11) is 0. The van der Waals surface area contributed by atoms with Crippen molar-refractivity contribution in [2.75, 3.05) is 0 Å². The van der Waals surface area contributed by atoms with E-state index >= 15 is 0 Å². The quantitative estimate of drug-likeness (QED) is 0.870. The number of carbonyl (C=O) groups is 2. The Balaban J connectivity index is 2.18. The molecule has 0 N–H and O–H groups in total. The highest BCUT2D eigenvalue weighted by Crippen LogP contribution is 2.35. The van der Waals surface area contributed by atoms with Crippen molar-refractivity contribution in [3.8, 4) is 5.75 Å². The van der Waals surface area contributed by atoms with Gasteiger partial charge in [-0.05, 0) is 18.1 Å². The lowest BCUT2D eigenvalue weighted by Gasteiger charge is -2.21. The van der Waals surface area contributed by atoms with Gasteiger partial charge in [-0.15, -0.1) is 0 Å². The molecular formula is C19H17O4-. The van der Waals surface area contributed by atoms with E-state index in [1.807, 2.05) is 19.1 Å². The van der Waals surface area contributed by atoms with Gasteiger partial charge in [0.05, 0.1) is 5.56 Å². The molecule has 3 rings (SSSR count).